The highest BCUT2D eigenvalue weighted by molar-refractivity contribution is 7.98. The molecule has 0 atom stereocenters. The topological polar surface area (TPSA) is 77.1 Å². The van der Waals surface area contributed by atoms with Gasteiger partial charge in [0.05, 0.1) is 23.7 Å². The van der Waals surface area contributed by atoms with Crippen molar-refractivity contribution in [1.82, 2.24) is 24.6 Å². The monoisotopic (exact) mass is 357 g/mol. The van der Waals surface area contributed by atoms with E-state index in [1.807, 2.05) is 26.4 Å². The number of thioether (sulfide) groups is 1. The number of carbonyl (C=O) groups is 1. The standard InChI is InChI=1S/C17H19N5O2S/c1-11-14(17(23)21(2)9-12-8-18-22(3)10-12)16(25-4)20-15(19-11)13-6-5-7-24-13/h5-8,10H,9H2,1-4H3. The summed E-state index contributed by atoms with van der Waals surface area (Å²) in [5.41, 5.74) is 2.12. The fraction of sp³-hybridized carbons (Fsp3) is 0.294. The van der Waals surface area contributed by atoms with E-state index in [9.17, 15) is 4.79 Å². The minimum atomic E-state index is -0.114. The molecule has 0 unspecified atom stereocenters. The summed E-state index contributed by atoms with van der Waals surface area (Å²) in [5, 5.41) is 4.77. The highest BCUT2D eigenvalue weighted by atomic mass is 32.2. The third-order valence-corrected chi connectivity index (χ3v) is 4.41. The number of amides is 1. The van der Waals surface area contributed by atoms with Crippen LogP contribution in [0.2, 0.25) is 0 Å². The van der Waals surface area contributed by atoms with Crippen molar-refractivity contribution in [2.45, 2.75) is 18.5 Å². The van der Waals surface area contributed by atoms with Crippen LogP contribution in [0.5, 0.6) is 0 Å². The lowest BCUT2D eigenvalue weighted by Gasteiger charge is -2.19. The SMILES string of the molecule is CSc1nc(-c2ccco2)nc(C)c1C(=O)N(C)Cc1cnn(C)c1. The Bertz CT molecular complexity index is 889. The van der Waals surface area contributed by atoms with Gasteiger partial charge in [0, 0.05) is 32.4 Å². The van der Waals surface area contributed by atoms with E-state index in [1.165, 1.54) is 11.8 Å². The number of hydrogen-bond donors (Lipinski definition) is 0. The van der Waals surface area contributed by atoms with E-state index >= 15 is 0 Å². The van der Waals surface area contributed by atoms with E-state index in [2.05, 4.69) is 15.1 Å². The van der Waals surface area contributed by atoms with E-state index in [0.717, 1.165) is 5.56 Å². The molecule has 0 aromatic carbocycles. The van der Waals surface area contributed by atoms with Gasteiger partial charge in [-0.25, -0.2) is 9.97 Å². The van der Waals surface area contributed by atoms with Gasteiger partial charge in [0.25, 0.3) is 5.91 Å². The van der Waals surface area contributed by atoms with Crippen LogP contribution in [0.3, 0.4) is 0 Å². The fourth-order valence-corrected chi connectivity index (χ4v) is 3.16. The van der Waals surface area contributed by atoms with Gasteiger partial charge in [-0.05, 0) is 25.3 Å². The number of nitrogens with zero attached hydrogens (tertiary/aromatic N) is 5. The first-order valence-corrected chi connectivity index (χ1v) is 8.91. The van der Waals surface area contributed by atoms with Crippen molar-refractivity contribution in [2.75, 3.05) is 13.3 Å². The first kappa shape index (κ1) is 17.2. The Kier molecular flexibility index (Phi) is 4.89. The normalized spacial score (nSPS) is 10.9. The average molecular weight is 357 g/mol. The van der Waals surface area contributed by atoms with Gasteiger partial charge in [-0.2, -0.15) is 5.10 Å². The Morgan fingerprint density at radius 2 is 2.20 bits per heavy atom. The number of aryl methyl sites for hydroxylation is 2. The van der Waals surface area contributed by atoms with E-state index in [4.69, 9.17) is 4.42 Å². The second-order valence-electron chi connectivity index (χ2n) is 5.68. The second kappa shape index (κ2) is 7.10. The summed E-state index contributed by atoms with van der Waals surface area (Å²) in [6.07, 6.45) is 7.12. The van der Waals surface area contributed by atoms with Crippen molar-refractivity contribution in [2.24, 2.45) is 7.05 Å². The van der Waals surface area contributed by atoms with Gasteiger partial charge in [0.15, 0.2) is 11.6 Å². The molecule has 8 heteroatoms. The molecule has 1 amide bonds. The number of furan rings is 1. The van der Waals surface area contributed by atoms with Crippen LogP contribution in [0.15, 0.2) is 40.2 Å². The van der Waals surface area contributed by atoms with Crippen molar-refractivity contribution in [3.05, 3.63) is 47.6 Å². The zero-order chi connectivity index (χ0) is 18.0. The van der Waals surface area contributed by atoms with Gasteiger partial charge in [-0.3, -0.25) is 9.48 Å². The Morgan fingerprint density at radius 3 is 2.80 bits per heavy atom. The van der Waals surface area contributed by atoms with Crippen LogP contribution in [0, 0.1) is 6.92 Å². The molecule has 3 aromatic heterocycles. The molecule has 0 aliphatic carbocycles. The van der Waals surface area contributed by atoms with E-state index in [0.29, 0.717) is 34.4 Å². The quantitative estimate of drug-likeness (QED) is 0.516. The molecule has 130 valence electrons. The molecular formula is C17H19N5O2S. The molecule has 0 bridgehead atoms. The molecule has 0 saturated heterocycles. The Morgan fingerprint density at radius 1 is 1.40 bits per heavy atom. The van der Waals surface area contributed by atoms with Crippen LogP contribution in [0.4, 0.5) is 0 Å². The number of aromatic nitrogens is 4. The van der Waals surface area contributed by atoms with Crippen LogP contribution in [-0.4, -0.2) is 43.9 Å². The van der Waals surface area contributed by atoms with Crippen LogP contribution in [-0.2, 0) is 13.6 Å². The Hall–Kier alpha value is -2.61. The van der Waals surface area contributed by atoms with Gasteiger partial charge < -0.3 is 9.32 Å². The summed E-state index contributed by atoms with van der Waals surface area (Å²) in [7, 11) is 3.61. The second-order valence-corrected chi connectivity index (χ2v) is 6.47. The van der Waals surface area contributed by atoms with Gasteiger partial charge in [0.1, 0.15) is 5.03 Å². The van der Waals surface area contributed by atoms with E-state index in [1.54, 1.807) is 41.2 Å². The van der Waals surface area contributed by atoms with Crippen molar-refractivity contribution in [1.29, 1.82) is 0 Å². The molecular weight excluding hydrogens is 338 g/mol. The summed E-state index contributed by atoms with van der Waals surface area (Å²) in [5.74, 6) is 0.955. The average Bonchev–Trinajstić information content (AvgIpc) is 3.25. The predicted molar refractivity (Wildman–Crippen MR) is 95.3 cm³/mol. The van der Waals surface area contributed by atoms with Gasteiger partial charge in [-0.15, -0.1) is 11.8 Å². The molecule has 0 spiro atoms. The van der Waals surface area contributed by atoms with Crippen LogP contribution >= 0.6 is 11.8 Å². The maximum Gasteiger partial charge on any atom is 0.258 e. The van der Waals surface area contributed by atoms with Crippen LogP contribution in [0.1, 0.15) is 21.6 Å². The molecule has 0 radical (unpaired) electrons. The maximum atomic E-state index is 12.9. The molecule has 25 heavy (non-hydrogen) atoms. The molecule has 7 nitrogen and oxygen atoms in total. The summed E-state index contributed by atoms with van der Waals surface area (Å²) < 4.78 is 7.08. The van der Waals surface area contributed by atoms with Crippen LogP contribution in [0.25, 0.3) is 11.6 Å². The number of hydrogen-bond acceptors (Lipinski definition) is 6. The lowest BCUT2D eigenvalue weighted by Crippen LogP contribution is -2.28. The van der Waals surface area contributed by atoms with Crippen LogP contribution < -0.4 is 0 Å². The van der Waals surface area contributed by atoms with Gasteiger partial charge in [-0.1, -0.05) is 0 Å². The number of rotatable bonds is 5. The van der Waals surface area contributed by atoms with Crippen molar-refractivity contribution < 1.29 is 9.21 Å². The summed E-state index contributed by atoms with van der Waals surface area (Å²) in [4.78, 5) is 23.5. The zero-order valence-electron chi connectivity index (χ0n) is 14.6. The minimum absolute atomic E-state index is 0.114. The molecule has 0 fully saturated rings. The predicted octanol–water partition coefficient (Wildman–Crippen LogP) is 2.77. The minimum Gasteiger partial charge on any atom is -0.461 e. The van der Waals surface area contributed by atoms with Gasteiger partial charge >= 0.3 is 0 Å². The highest BCUT2D eigenvalue weighted by Gasteiger charge is 2.22. The largest absolute Gasteiger partial charge is 0.461 e. The molecule has 0 aliphatic heterocycles. The zero-order valence-corrected chi connectivity index (χ0v) is 15.4. The third kappa shape index (κ3) is 3.58. The lowest BCUT2D eigenvalue weighted by molar-refractivity contribution is 0.0779. The van der Waals surface area contributed by atoms with Crippen molar-refractivity contribution in [3.8, 4) is 11.6 Å². The van der Waals surface area contributed by atoms with E-state index in [-0.39, 0.29) is 5.91 Å². The molecule has 0 saturated carbocycles. The third-order valence-electron chi connectivity index (χ3n) is 3.73. The molecule has 0 N–H and O–H groups in total. The highest BCUT2D eigenvalue weighted by Crippen LogP contribution is 2.26. The first-order valence-electron chi connectivity index (χ1n) is 7.69. The summed E-state index contributed by atoms with van der Waals surface area (Å²) >= 11 is 1.42. The van der Waals surface area contributed by atoms with E-state index < -0.39 is 0 Å². The lowest BCUT2D eigenvalue weighted by atomic mass is 10.2. The molecule has 3 rings (SSSR count). The Balaban J connectivity index is 1.91. The van der Waals surface area contributed by atoms with Crippen molar-refractivity contribution in [3.63, 3.8) is 0 Å². The first-order chi connectivity index (χ1) is 12.0. The molecule has 3 heterocycles. The smallest absolute Gasteiger partial charge is 0.258 e. The summed E-state index contributed by atoms with van der Waals surface area (Å²) in [6.45, 7) is 2.29. The van der Waals surface area contributed by atoms with Gasteiger partial charge in [0.2, 0.25) is 0 Å². The Labute approximate surface area is 150 Å². The summed E-state index contributed by atoms with van der Waals surface area (Å²) in [6, 6.07) is 3.59. The van der Waals surface area contributed by atoms with Crippen molar-refractivity contribution >= 4 is 17.7 Å². The molecule has 3 aromatic rings. The molecule has 0 aliphatic rings. The maximum absolute atomic E-state index is 12.9. The number of carbonyl (C=O) groups excluding carboxylic acids is 1. The fourth-order valence-electron chi connectivity index (χ4n) is 2.55.